The molecule has 0 amide bonds. The molecule has 5 heteroatoms. The number of anilines is 1. The number of carbonyl (C=O) groups is 1. The average Bonchev–Trinajstić information content (AvgIpc) is 2.85. The number of carboxylic acids is 1. The second-order valence-corrected chi connectivity index (χ2v) is 4.67. The van der Waals surface area contributed by atoms with Crippen LogP contribution in [0.5, 0.6) is 0 Å². The second kappa shape index (κ2) is 5.82. The Morgan fingerprint density at radius 3 is 3.00 bits per heavy atom. The molecule has 1 aliphatic rings. The second-order valence-electron chi connectivity index (χ2n) is 4.67. The predicted molar refractivity (Wildman–Crippen MR) is 69.9 cm³/mol. The molecule has 1 aliphatic heterocycles. The van der Waals surface area contributed by atoms with E-state index in [9.17, 15) is 4.79 Å². The van der Waals surface area contributed by atoms with Crippen LogP contribution >= 0.6 is 0 Å². The summed E-state index contributed by atoms with van der Waals surface area (Å²) in [4.78, 5) is 17.0. The normalized spacial score (nSPS) is 19.9. The summed E-state index contributed by atoms with van der Waals surface area (Å²) in [5.41, 5.74) is 0.966. The van der Waals surface area contributed by atoms with Gasteiger partial charge < -0.3 is 15.3 Å². The van der Waals surface area contributed by atoms with Gasteiger partial charge in [0.1, 0.15) is 5.69 Å². The maximum absolute atomic E-state index is 10.7. The highest BCUT2D eigenvalue weighted by Crippen LogP contribution is 2.16. The lowest BCUT2D eigenvalue weighted by atomic mass is 10.1. The van der Waals surface area contributed by atoms with Gasteiger partial charge in [0, 0.05) is 13.1 Å². The number of aromatic nitrogens is 1. The first-order chi connectivity index (χ1) is 8.69. The molecule has 0 aromatic carbocycles. The van der Waals surface area contributed by atoms with Crippen molar-refractivity contribution in [3.8, 4) is 0 Å². The van der Waals surface area contributed by atoms with Crippen LogP contribution in [0.4, 0.5) is 5.69 Å². The Hall–Kier alpha value is -1.62. The van der Waals surface area contributed by atoms with Gasteiger partial charge in [0.15, 0.2) is 0 Å². The van der Waals surface area contributed by atoms with E-state index in [4.69, 9.17) is 5.11 Å². The summed E-state index contributed by atoms with van der Waals surface area (Å²) < 4.78 is 0. The fourth-order valence-electron chi connectivity index (χ4n) is 2.25. The summed E-state index contributed by atoms with van der Waals surface area (Å²) in [6.45, 7) is 6.55. The molecule has 0 bridgehead atoms. The van der Waals surface area contributed by atoms with E-state index in [1.807, 2.05) is 0 Å². The summed E-state index contributed by atoms with van der Waals surface area (Å²) in [7, 11) is 0. The van der Waals surface area contributed by atoms with Crippen LogP contribution in [0.3, 0.4) is 0 Å². The lowest BCUT2D eigenvalue weighted by Crippen LogP contribution is -2.22. The fraction of sp³-hybridized carbons (Fsp3) is 0.538. The van der Waals surface area contributed by atoms with E-state index >= 15 is 0 Å². The van der Waals surface area contributed by atoms with Crippen LogP contribution < -0.4 is 5.32 Å². The molecule has 2 rings (SSSR count). The van der Waals surface area contributed by atoms with Crippen LogP contribution in [0.15, 0.2) is 18.3 Å². The number of aromatic carboxylic acids is 1. The lowest BCUT2D eigenvalue weighted by Gasteiger charge is -2.14. The molecule has 5 nitrogen and oxygen atoms in total. The largest absolute Gasteiger partial charge is 0.477 e. The summed E-state index contributed by atoms with van der Waals surface area (Å²) in [6.07, 6.45) is 2.80. The molecule has 0 aliphatic carbocycles. The molecule has 2 N–H and O–H groups in total. The molecular weight excluding hydrogens is 230 g/mol. The van der Waals surface area contributed by atoms with Crippen LogP contribution in [0.25, 0.3) is 0 Å². The smallest absolute Gasteiger partial charge is 0.354 e. The third kappa shape index (κ3) is 3.20. The standard InChI is InChI=1S/C13H19N3O2/c1-2-16-6-5-10(9-16)7-14-11-3-4-12(13(17)18)15-8-11/h3-4,8,10,14H,2,5-7,9H2,1H3,(H,17,18). The summed E-state index contributed by atoms with van der Waals surface area (Å²) in [5.74, 6) is -0.319. The van der Waals surface area contributed by atoms with Gasteiger partial charge in [0.2, 0.25) is 0 Å². The molecule has 1 unspecified atom stereocenters. The molecule has 0 spiro atoms. The number of likely N-dealkylation sites (tertiary alicyclic amines) is 1. The van der Waals surface area contributed by atoms with Gasteiger partial charge in [0.05, 0.1) is 11.9 Å². The van der Waals surface area contributed by atoms with Crippen LogP contribution in [0.1, 0.15) is 23.8 Å². The minimum absolute atomic E-state index is 0.0820. The lowest BCUT2D eigenvalue weighted by molar-refractivity contribution is 0.0690. The van der Waals surface area contributed by atoms with Crippen molar-refractivity contribution in [2.75, 3.05) is 31.5 Å². The average molecular weight is 249 g/mol. The maximum atomic E-state index is 10.7. The van der Waals surface area contributed by atoms with E-state index in [1.165, 1.54) is 19.0 Å². The SMILES string of the molecule is CCN1CCC(CNc2ccc(C(=O)O)nc2)C1. The molecule has 2 heterocycles. The minimum atomic E-state index is -0.990. The van der Waals surface area contributed by atoms with Crippen molar-refractivity contribution in [3.05, 3.63) is 24.0 Å². The molecule has 1 fully saturated rings. The number of hydrogen-bond donors (Lipinski definition) is 2. The van der Waals surface area contributed by atoms with E-state index < -0.39 is 5.97 Å². The molecule has 1 aromatic rings. The van der Waals surface area contributed by atoms with Crippen LogP contribution in [0.2, 0.25) is 0 Å². The van der Waals surface area contributed by atoms with Crippen molar-refractivity contribution < 1.29 is 9.90 Å². The van der Waals surface area contributed by atoms with Gasteiger partial charge in [-0.05, 0) is 37.6 Å². The molecule has 1 aromatic heterocycles. The monoisotopic (exact) mass is 249 g/mol. The zero-order chi connectivity index (χ0) is 13.0. The van der Waals surface area contributed by atoms with E-state index in [2.05, 4.69) is 22.1 Å². The van der Waals surface area contributed by atoms with Crippen LogP contribution in [0, 0.1) is 5.92 Å². The highest BCUT2D eigenvalue weighted by atomic mass is 16.4. The van der Waals surface area contributed by atoms with Gasteiger partial charge >= 0.3 is 5.97 Å². The number of nitrogens with zero attached hydrogens (tertiary/aromatic N) is 2. The first kappa shape index (κ1) is 12.8. The predicted octanol–water partition coefficient (Wildman–Crippen LogP) is 1.53. The molecule has 0 saturated carbocycles. The first-order valence-corrected chi connectivity index (χ1v) is 6.34. The van der Waals surface area contributed by atoms with E-state index in [0.717, 1.165) is 25.3 Å². The third-order valence-corrected chi connectivity index (χ3v) is 3.39. The Morgan fingerprint density at radius 1 is 1.61 bits per heavy atom. The van der Waals surface area contributed by atoms with E-state index in [-0.39, 0.29) is 5.69 Å². The quantitative estimate of drug-likeness (QED) is 0.828. The van der Waals surface area contributed by atoms with Gasteiger partial charge in [-0.15, -0.1) is 0 Å². The van der Waals surface area contributed by atoms with Crippen LogP contribution in [-0.2, 0) is 0 Å². The molecule has 1 saturated heterocycles. The fourth-order valence-corrected chi connectivity index (χ4v) is 2.25. The van der Waals surface area contributed by atoms with Crippen LogP contribution in [-0.4, -0.2) is 47.1 Å². The Bertz CT molecular complexity index is 405. The third-order valence-electron chi connectivity index (χ3n) is 3.39. The van der Waals surface area contributed by atoms with Gasteiger partial charge in [-0.25, -0.2) is 9.78 Å². The highest BCUT2D eigenvalue weighted by Gasteiger charge is 2.20. The molecule has 98 valence electrons. The number of nitrogens with one attached hydrogen (secondary N) is 1. The number of rotatable bonds is 5. The minimum Gasteiger partial charge on any atom is -0.477 e. The molecule has 18 heavy (non-hydrogen) atoms. The van der Waals surface area contributed by atoms with Gasteiger partial charge in [-0.2, -0.15) is 0 Å². The number of carboxylic acid groups (broad SMARTS) is 1. The number of hydrogen-bond acceptors (Lipinski definition) is 4. The zero-order valence-electron chi connectivity index (χ0n) is 10.6. The topological polar surface area (TPSA) is 65.5 Å². The zero-order valence-corrected chi connectivity index (χ0v) is 10.6. The van der Waals surface area contributed by atoms with Gasteiger partial charge in [-0.3, -0.25) is 0 Å². The van der Waals surface area contributed by atoms with Gasteiger partial charge in [-0.1, -0.05) is 6.92 Å². The first-order valence-electron chi connectivity index (χ1n) is 6.34. The molecule has 0 radical (unpaired) electrons. The molecular formula is C13H19N3O2. The Labute approximate surface area is 107 Å². The van der Waals surface area contributed by atoms with Crippen molar-refractivity contribution in [2.45, 2.75) is 13.3 Å². The van der Waals surface area contributed by atoms with Gasteiger partial charge in [0.25, 0.3) is 0 Å². The van der Waals surface area contributed by atoms with Crippen molar-refractivity contribution in [1.29, 1.82) is 0 Å². The van der Waals surface area contributed by atoms with Crippen molar-refractivity contribution in [1.82, 2.24) is 9.88 Å². The van der Waals surface area contributed by atoms with Crippen molar-refractivity contribution in [2.24, 2.45) is 5.92 Å². The van der Waals surface area contributed by atoms with E-state index in [0.29, 0.717) is 5.92 Å². The van der Waals surface area contributed by atoms with Crippen molar-refractivity contribution >= 4 is 11.7 Å². The summed E-state index contributed by atoms with van der Waals surface area (Å²) in [6, 6.07) is 3.29. The highest BCUT2D eigenvalue weighted by molar-refractivity contribution is 5.85. The summed E-state index contributed by atoms with van der Waals surface area (Å²) in [5, 5.41) is 12.1. The Morgan fingerprint density at radius 2 is 2.44 bits per heavy atom. The van der Waals surface area contributed by atoms with E-state index in [1.54, 1.807) is 12.3 Å². The number of pyridine rings is 1. The Balaban J connectivity index is 1.82. The summed E-state index contributed by atoms with van der Waals surface area (Å²) >= 11 is 0. The van der Waals surface area contributed by atoms with Crippen molar-refractivity contribution in [3.63, 3.8) is 0 Å². The Kier molecular flexibility index (Phi) is 4.15. The maximum Gasteiger partial charge on any atom is 0.354 e. The molecule has 1 atom stereocenters.